The van der Waals surface area contributed by atoms with Crippen LogP contribution in [-0.4, -0.2) is 42.2 Å². The van der Waals surface area contributed by atoms with Gasteiger partial charge in [0, 0.05) is 31.3 Å². The van der Waals surface area contributed by atoms with E-state index in [0.29, 0.717) is 23.8 Å². The fourth-order valence-corrected chi connectivity index (χ4v) is 2.57. The Kier molecular flexibility index (Phi) is 4.85. The van der Waals surface area contributed by atoms with Crippen molar-refractivity contribution >= 4 is 29.1 Å². The highest BCUT2D eigenvalue weighted by Crippen LogP contribution is 2.28. The Morgan fingerprint density at radius 3 is 2.95 bits per heavy atom. The van der Waals surface area contributed by atoms with E-state index in [4.69, 9.17) is 16.3 Å². The number of hydrogen-bond donors (Lipinski definition) is 1. The molecule has 8 heteroatoms. The molecule has 0 bridgehead atoms. The van der Waals surface area contributed by atoms with Gasteiger partial charge in [-0.15, -0.1) is 0 Å². The zero-order valence-electron chi connectivity index (χ0n) is 11.5. The predicted molar refractivity (Wildman–Crippen MR) is 78.7 cm³/mol. The summed E-state index contributed by atoms with van der Waals surface area (Å²) >= 11 is 6.05. The molecule has 0 radical (unpaired) electrons. The van der Waals surface area contributed by atoms with Gasteiger partial charge in [-0.1, -0.05) is 11.6 Å². The minimum atomic E-state index is -0.491. The number of ether oxygens (including phenoxy) is 1. The number of anilines is 1. The average molecular weight is 314 g/mol. The Labute approximate surface area is 127 Å². The summed E-state index contributed by atoms with van der Waals surface area (Å²) in [7, 11) is 1.35. The third-order valence-electron chi connectivity index (χ3n) is 3.38. The van der Waals surface area contributed by atoms with Crippen molar-refractivity contribution in [1.82, 2.24) is 4.90 Å². The van der Waals surface area contributed by atoms with Crippen LogP contribution >= 0.6 is 11.6 Å². The van der Waals surface area contributed by atoms with Crippen LogP contribution in [0.1, 0.15) is 12.8 Å². The van der Waals surface area contributed by atoms with Crippen molar-refractivity contribution in [3.8, 4) is 0 Å². The number of halogens is 1. The number of nitrogens with one attached hydrogen (secondary N) is 1. The van der Waals surface area contributed by atoms with Crippen LogP contribution in [0, 0.1) is 10.1 Å². The first-order valence-electron chi connectivity index (χ1n) is 6.54. The van der Waals surface area contributed by atoms with Crippen LogP contribution in [0.5, 0.6) is 0 Å². The molecule has 1 aromatic rings. The highest BCUT2D eigenvalue weighted by Gasteiger charge is 2.24. The highest BCUT2D eigenvalue weighted by atomic mass is 35.5. The minimum absolute atomic E-state index is 0.0387. The molecule has 0 aliphatic carbocycles. The number of amides is 1. The number of carbonyl (C=O) groups excluding carboxylic acids is 1. The summed E-state index contributed by atoms with van der Waals surface area (Å²) in [5.74, 6) is 0. The summed E-state index contributed by atoms with van der Waals surface area (Å²) in [6, 6.07) is 4.33. The van der Waals surface area contributed by atoms with Gasteiger partial charge < -0.3 is 15.0 Å². The normalized spacial score (nSPS) is 18.2. The lowest BCUT2D eigenvalue weighted by atomic mass is 10.1. The molecule has 1 heterocycles. The van der Waals surface area contributed by atoms with E-state index in [1.807, 2.05) is 0 Å². The van der Waals surface area contributed by atoms with Crippen LogP contribution in [0.25, 0.3) is 0 Å². The maximum absolute atomic E-state index is 11.5. The van der Waals surface area contributed by atoms with Crippen LogP contribution in [0.3, 0.4) is 0 Å². The fraction of sp³-hybridized carbons (Fsp3) is 0.462. The summed E-state index contributed by atoms with van der Waals surface area (Å²) in [5.41, 5.74) is 0.573. The molecule has 7 nitrogen and oxygen atoms in total. The molecule has 1 amide bonds. The molecule has 0 saturated carbocycles. The quantitative estimate of drug-likeness (QED) is 0.685. The van der Waals surface area contributed by atoms with Gasteiger partial charge in [0.05, 0.1) is 22.7 Å². The minimum Gasteiger partial charge on any atom is -0.453 e. The van der Waals surface area contributed by atoms with Gasteiger partial charge in [-0.25, -0.2) is 4.79 Å². The van der Waals surface area contributed by atoms with Crippen LogP contribution < -0.4 is 5.32 Å². The van der Waals surface area contributed by atoms with Gasteiger partial charge >= 0.3 is 6.09 Å². The molecule has 0 spiro atoms. The third-order valence-corrected chi connectivity index (χ3v) is 3.69. The Hall–Kier alpha value is -2.02. The zero-order valence-corrected chi connectivity index (χ0v) is 12.3. The molecule has 1 saturated heterocycles. The summed E-state index contributed by atoms with van der Waals surface area (Å²) in [5, 5.41) is 14.2. The number of nitro groups is 1. The number of piperidine rings is 1. The summed E-state index contributed by atoms with van der Waals surface area (Å²) in [6.07, 6.45) is 1.40. The Bertz CT molecular complexity index is 552. The second-order valence-electron chi connectivity index (χ2n) is 4.82. The Balaban J connectivity index is 2.04. The lowest BCUT2D eigenvalue weighted by molar-refractivity contribution is -0.384. The Morgan fingerprint density at radius 1 is 1.57 bits per heavy atom. The summed E-state index contributed by atoms with van der Waals surface area (Å²) < 4.78 is 4.71. The lowest BCUT2D eigenvalue weighted by Gasteiger charge is -2.32. The van der Waals surface area contributed by atoms with Crippen LogP contribution in [0.4, 0.5) is 16.2 Å². The molecule has 21 heavy (non-hydrogen) atoms. The van der Waals surface area contributed by atoms with Crippen LogP contribution in [-0.2, 0) is 4.74 Å². The first-order valence-corrected chi connectivity index (χ1v) is 6.92. The van der Waals surface area contributed by atoms with E-state index in [1.165, 1.54) is 19.2 Å². The number of benzene rings is 1. The average Bonchev–Trinajstić information content (AvgIpc) is 2.48. The highest BCUT2D eigenvalue weighted by molar-refractivity contribution is 6.33. The van der Waals surface area contributed by atoms with Crippen molar-refractivity contribution in [2.24, 2.45) is 0 Å². The van der Waals surface area contributed by atoms with E-state index in [1.54, 1.807) is 11.0 Å². The van der Waals surface area contributed by atoms with Crippen molar-refractivity contribution < 1.29 is 14.5 Å². The van der Waals surface area contributed by atoms with E-state index in [9.17, 15) is 14.9 Å². The van der Waals surface area contributed by atoms with Gasteiger partial charge in [0.15, 0.2) is 0 Å². The van der Waals surface area contributed by atoms with Gasteiger partial charge in [0.1, 0.15) is 0 Å². The molecular weight excluding hydrogens is 298 g/mol. The molecule has 1 aromatic carbocycles. The van der Waals surface area contributed by atoms with Crippen molar-refractivity contribution in [3.63, 3.8) is 0 Å². The van der Waals surface area contributed by atoms with Crippen LogP contribution in [0.15, 0.2) is 18.2 Å². The molecular formula is C13H16ClN3O4. The molecule has 1 atom stereocenters. The van der Waals surface area contributed by atoms with E-state index < -0.39 is 4.92 Å². The molecule has 1 aliphatic heterocycles. The van der Waals surface area contributed by atoms with Gasteiger partial charge in [-0.05, 0) is 18.9 Å². The third kappa shape index (κ3) is 3.75. The Morgan fingerprint density at radius 2 is 2.33 bits per heavy atom. The number of non-ortho nitro benzene ring substituents is 1. The standard InChI is InChI=1S/C13H16ClN3O4/c1-21-13(18)16-6-2-3-9(8-16)15-12-5-4-10(17(19)20)7-11(12)14/h4-5,7,9,15H,2-3,6,8H2,1H3. The summed E-state index contributed by atoms with van der Waals surface area (Å²) in [6.45, 7) is 1.18. The maximum Gasteiger partial charge on any atom is 0.409 e. The molecule has 1 N–H and O–H groups in total. The van der Waals surface area contributed by atoms with Gasteiger partial charge in [0.25, 0.3) is 5.69 Å². The van der Waals surface area contributed by atoms with Crippen LogP contribution in [0.2, 0.25) is 5.02 Å². The second-order valence-corrected chi connectivity index (χ2v) is 5.23. The smallest absolute Gasteiger partial charge is 0.409 e. The summed E-state index contributed by atoms with van der Waals surface area (Å²) in [4.78, 5) is 23.3. The predicted octanol–water partition coefficient (Wildman–Crippen LogP) is 2.89. The fourth-order valence-electron chi connectivity index (χ4n) is 2.34. The number of likely N-dealkylation sites (tertiary alicyclic amines) is 1. The van der Waals surface area contributed by atoms with Gasteiger partial charge in [-0.3, -0.25) is 10.1 Å². The van der Waals surface area contributed by atoms with Crippen molar-refractivity contribution in [2.45, 2.75) is 18.9 Å². The van der Waals surface area contributed by atoms with E-state index >= 15 is 0 Å². The number of carbonyl (C=O) groups is 1. The van der Waals surface area contributed by atoms with Gasteiger partial charge in [-0.2, -0.15) is 0 Å². The van der Waals surface area contributed by atoms with Crippen molar-refractivity contribution in [1.29, 1.82) is 0 Å². The monoisotopic (exact) mass is 313 g/mol. The molecule has 1 unspecified atom stereocenters. The molecule has 1 fully saturated rings. The second kappa shape index (κ2) is 6.62. The van der Waals surface area contributed by atoms with E-state index in [0.717, 1.165) is 12.8 Å². The van der Waals surface area contributed by atoms with E-state index in [-0.39, 0.29) is 17.8 Å². The SMILES string of the molecule is COC(=O)N1CCCC(Nc2ccc([N+](=O)[O-])cc2Cl)C1. The van der Waals surface area contributed by atoms with Crippen molar-refractivity contribution in [2.75, 3.05) is 25.5 Å². The maximum atomic E-state index is 11.5. The number of rotatable bonds is 3. The first-order chi connectivity index (χ1) is 10.0. The lowest BCUT2D eigenvalue weighted by Crippen LogP contribution is -2.45. The number of hydrogen-bond acceptors (Lipinski definition) is 5. The van der Waals surface area contributed by atoms with Crippen molar-refractivity contribution in [3.05, 3.63) is 33.3 Å². The van der Waals surface area contributed by atoms with Gasteiger partial charge in [0.2, 0.25) is 0 Å². The molecule has 0 aromatic heterocycles. The topological polar surface area (TPSA) is 84.7 Å². The molecule has 114 valence electrons. The first kappa shape index (κ1) is 15.4. The molecule has 2 rings (SSSR count). The van der Waals surface area contributed by atoms with E-state index in [2.05, 4.69) is 5.32 Å². The molecule has 1 aliphatic rings. The largest absolute Gasteiger partial charge is 0.453 e. The number of nitrogens with zero attached hydrogens (tertiary/aromatic N) is 2. The number of nitro benzene ring substituents is 1. The zero-order chi connectivity index (χ0) is 15.4. The number of methoxy groups -OCH3 is 1.